The summed E-state index contributed by atoms with van der Waals surface area (Å²) in [4.78, 5) is 39.5. The highest BCUT2D eigenvalue weighted by Gasteiger charge is 2.39. The Morgan fingerprint density at radius 2 is 1.82 bits per heavy atom. The third kappa shape index (κ3) is 5.91. The van der Waals surface area contributed by atoms with Gasteiger partial charge in [-0.3, -0.25) is 14.4 Å². The zero-order chi connectivity index (χ0) is 20.6. The summed E-state index contributed by atoms with van der Waals surface area (Å²) in [7, 11) is 0. The van der Waals surface area contributed by atoms with Crippen molar-refractivity contribution in [3.05, 3.63) is 35.9 Å². The van der Waals surface area contributed by atoms with Crippen LogP contribution in [0.15, 0.2) is 30.3 Å². The van der Waals surface area contributed by atoms with Gasteiger partial charge in [0.2, 0.25) is 11.7 Å². The third-order valence-electron chi connectivity index (χ3n) is 5.79. The standard InChI is InChI=1S/C23H34N2O3/c1-4-23(2,3)20(26)22(28)25-17-11-9-15-19(25)21(27)24-16-10-8-14-18-12-6-5-7-13-18/h5-7,12-13,19H,4,8-11,14-17H2,1-3H3,(H,24,27)/t19-/m0/s1. The Morgan fingerprint density at radius 1 is 1.11 bits per heavy atom. The van der Waals surface area contributed by atoms with Crippen molar-refractivity contribution in [2.24, 2.45) is 5.41 Å². The molecule has 1 aromatic rings. The first-order valence-corrected chi connectivity index (χ1v) is 10.5. The zero-order valence-electron chi connectivity index (χ0n) is 17.5. The molecule has 2 rings (SSSR count). The van der Waals surface area contributed by atoms with Gasteiger partial charge in [-0.1, -0.05) is 51.1 Å². The van der Waals surface area contributed by atoms with Crippen LogP contribution in [0.5, 0.6) is 0 Å². The molecular formula is C23H34N2O3. The van der Waals surface area contributed by atoms with Crippen LogP contribution in [-0.2, 0) is 20.8 Å². The summed E-state index contributed by atoms with van der Waals surface area (Å²) in [6.07, 6.45) is 5.86. The maximum atomic E-state index is 12.7. The molecule has 5 nitrogen and oxygen atoms in total. The van der Waals surface area contributed by atoms with E-state index >= 15 is 0 Å². The Labute approximate surface area is 168 Å². The van der Waals surface area contributed by atoms with Crippen LogP contribution in [-0.4, -0.2) is 41.6 Å². The average molecular weight is 387 g/mol. The largest absolute Gasteiger partial charge is 0.354 e. The summed E-state index contributed by atoms with van der Waals surface area (Å²) in [6, 6.07) is 9.78. The topological polar surface area (TPSA) is 66.5 Å². The summed E-state index contributed by atoms with van der Waals surface area (Å²) >= 11 is 0. The number of ketones is 1. The predicted molar refractivity (Wildman–Crippen MR) is 111 cm³/mol. The molecule has 154 valence electrons. The fourth-order valence-corrected chi connectivity index (χ4v) is 3.46. The summed E-state index contributed by atoms with van der Waals surface area (Å²) < 4.78 is 0. The molecule has 2 amide bonds. The lowest BCUT2D eigenvalue weighted by Gasteiger charge is -2.36. The number of hydrogen-bond donors (Lipinski definition) is 1. The summed E-state index contributed by atoms with van der Waals surface area (Å²) in [5, 5.41) is 2.97. The van der Waals surface area contributed by atoms with E-state index in [1.165, 1.54) is 10.5 Å². The van der Waals surface area contributed by atoms with E-state index in [1.807, 2.05) is 25.1 Å². The van der Waals surface area contributed by atoms with Crippen molar-refractivity contribution < 1.29 is 14.4 Å². The number of carbonyl (C=O) groups excluding carboxylic acids is 3. The van der Waals surface area contributed by atoms with Crippen LogP contribution in [0.3, 0.4) is 0 Å². The van der Waals surface area contributed by atoms with Gasteiger partial charge in [0, 0.05) is 18.5 Å². The van der Waals surface area contributed by atoms with E-state index in [1.54, 1.807) is 13.8 Å². The number of aryl methyl sites for hydroxylation is 1. The molecule has 1 heterocycles. The van der Waals surface area contributed by atoms with Gasteiger partial charge in [-0.15, -0.1) is 0 Å². The average Bonchev–Trinajstić information content (AvgIpc) is 2.73. The van der Waals surface area contributed by atoms with Crippen molar-refractivity contribution in [2.45, 2.75) is 71.8 Å². The maximum Gasteiger partial charge on any atom is 0.291 e. The minimum Gasteiger partial charge on any atom is -0.354 e. The molecule has 1 aliphatic rings. The van der Waals surface area contributed by atoms with Gasteiger partial charge in [0.15, 0.2) is 0 Å². The number of nitrogens with one attached hydrogen (secondary N) is 1. The Hall–Kier alpha value is -2.17. The van der Waals surface area contributed by atoms with Gasteiger partial charge < -0.3 is 10.2 Å². The number of hydrogen-bond acceptors (Lipinski definition) is 3. The van der Waals surface area contributed by atoms with E-state index in [0.29, 0.717) is 25.9 Å². The molecule has 0 aliphatic carbocycles. The minimum atomic E-state index is -0.688. The molecular weight excluding hydrogens is 352 g/mol. The number of benzene rings is 1. The number of likely N-dealkylation sites (tertiary alicyclic amines) is 1. The lowest BCUT2D eigenvalue weighted by Crippen LogP contribution is -2.55. The fourth-order valence-electron chi connectivity index (χ4n) is 3.46. The monoisotopic (exact) mass is 386 g/mol. The second kappa shape index (κ2) is 10.4. The van der Waals surface area contributed by atoms with Gasteiger partial charge in [-0.2, -0.15) is 0 Å². The molecule has 1 saturated heterocycles. The number of carbonyl (C=O) groups is 3. The fraction of sp³-hybridized carbons (Fsp3) is 0.609. The molecule has 1 aromatic carbocycles. The van der Waals surface area contributed by atoms with E-state index in [-0.39, 0.29) is 5.91 Å². The van der Waals surface area contributed by atoms with E-state index < -0.39 is 23.1 Å². The van der Waals surface area contributed by atoms with Crippen LogP contribution >= 0.6 is 0 Å². The van der Waals surface area contributed by atoms with E-state index in [9.17, 15) is 14.4 Å². The molecule has 5 heteroatoms. The van der Waals surface area contributed by atoms with Crippen molar-refractivity contribution >= 4 is 17.6 Å². The normalized spacial score (nSPS) is 17.2. The Kier molecular flexibility index (Phi) is 8.21. The number of Topliss-reactive ketones (excluding diaryl/α,β-unsaturated/α-hetero) is 1. The van der Waals surface area contributed by atoms with Crippen molar-refractivity contribution in [2.75, 3.05) is 13.1 Å². The zero-order valence-corrected chi connectivity index (χ0v) is 17.5. The van der Waals surface area contributed by atoms with Crippen LogP contribution in [0.25, 0.3) is 0 Å². The molecule has 1 atom stereocenters. The second-order valence-corrected chi connectivity index (χ2v) is 8.31. The van der Waals surface area contributed by atoms with Crippen LogP contribution < -0.4 is 5.32 Å². The first kappa shape index (κ1) is 22.1. The number of nitrogens with zero attached hydrogens (tertiary/aromatic N) is 1. The summed E-state index contributed by atoms with van der Waals surface area (Å²) in [5.41, 5.74) is 0.613. The Morgan fingerprint density at radius 3 is 2.50 bits per heavy atom. The minimum absolute atomic E-state index is 0.130. The van der Waals surface area contributed by atoms with Gasteiger partial charge in [0.05, 0.1) is 0 Å². The first-order valence-electron chi connectivity index (χ1n) is 10.5. The molecule has 28 heavy (non-hydrogen) atoms. The lowest BCUT2D eigenvalue weighted by molar-refractivity contribution is -0.153. The molecule has 1 aliphatic heterocycles. The van der Waals surface area contributed by atoms with Crippen LogP contribution in [0.2, 0.25) is 0 Å². The predicted octanol–water partition coefficient (Wildman–Crippen LogP) is 3.51. The molecule has 0 bridgehead atoms. The van der Waals surface area contributed by atoms with Gasteiger partial charge in [0.25, 0.3) is 5.91 Å². The highest BCUT2D eigenvalue weighted by atomic mass is 16.2. The van der Waals surface area contributed by atoms with Gasteiger partial charge >= 0.3 is 0 Å². The van der Waals surface area contributed by atoms with Crippen molar-refractivity contribution in [1.29, 1.82) is 0 Å². The highest BCUT2D eigenvalue weighted by molar-refractivity contribution is 6.38. The van der Waals surface area contributed by atoms with Crippen LogP contribution in [0.1, 0.15) is 64.9 Å². The first-order chi connectivity index (χ1) is 13.4. The number of unbranched alkanes of at least 4 members (excludes halogenated alkanes) is 1. The van der Waals surface area contributed by atoms with E-state index in [2.05, 4.69) is 17.4 Å². The molecule has 0 spiro atoms. The molecule has 1 fully saturated rings. The second-order valence-electron chi connectivity index (χ2n) is 8.31. The molecule has 0 radical (unpaired) electrons. The van der Waals surface area contributed by atoms with Crippen molar-refractivity contribution in [3.63, 3.8) is 0 Å². The molecule has 0 unspecified atom stereocenters. The van der Waals surface area contributed by atoms with Crippen LogP contribution in [0, 0.1) is 5.41 Å². The van der Waals surface area contributed by atoms with E-state index in [0.717, 1.165) is 32.1 Å². The Bertz CT molecular complexity index is 670. The van der Waals surface area contributed by atoms with Crippen molar-refractivity contribution in [1.82, 2.24) is 10.2 Å². The van der Waals surface area contributed by atoms with Gasteiger partial charge in [0.1, 0.15) is 6.04 Å². The number of piperidine rings is 1. The number of amides is 2. The molecule has 1 N–H and O–H groups in total. The quantitative estimate of drug-likeness (QED) is 0.522. The summed E-state index contributed by atoms with van der Waals surface area (Å²) in [6.45, 7) is 6.56. The maximum absolute atomic E-state index is 12.7. The molecule has 0 aromatic heterocycles. The smallest absolute Gasteiger partial charge is 0.291 e. The Balaban J connectivity index is 1.84. The van der Waals surface area contributed by atoms with Crippen molar-refractivity contribution in [3.8, 4) is 0 Å². The van der Waals surface area contributed by atoms with Crippen LogP contribution in [0.4, 0.5) is 0 Å². The van der Waals surface area contributed by atoms with Gasteiger partial charge in [-0.25, -0.2) is 0 Å². The van der Waals surface area contributed by atoms with E-state index in [4.69, 9.17) is 0 Å². The number of rotatable bonds is 9. The van der Waals surface area contributed by atoms with Gasteiger partial charge in [-0.05, 0) is 50.5 Å². The lowest BCUT2D eigenvalue weighted by atomic mass is 9.84. The SMILES string of the molecule is CCC(C)(C)C(=O)C(=O)N1CCCC[C@H]1C(=O)NCCCCc1ccccc1. The highest BCUT2D eigenvalue weighted by Crippen LogP contribution is 2.25. The third-order valence-corrected chi connectivity index (χ3v) is 5.79. The summed E-state index contributed by atoms with van der Waals surface area (Å²) in [5.74, 6) is -1.02. The molecule has 0 saturated carbocycles.